The lowest BCUT2D eigenvalue weighted by molar-refractivity contribution is -0.0855. The second kappa shape index (κ2) is 6.49. The average Bonchev–Trinajstić information content (AvgIpc) is 2.45. The molecule has 0 saturated carbocycles. The third-order valence-corrected chi connectivity index (χ3v) is 2.90. The predicted octanol–water partition coefficient (Wildman–Crippen LogP) is 0.371. The van der Waals surface area contributed by atoms with Crippen molar-refractivity contribution in [1.29, 1.82) is 0 Å². The van der Waals surface area contributed by atoms with E-state index < -0.39 is 0 Å². The van der Waals surface area contributed by atoms with Crippen molar-refractivity contribution in [3.8, 4) is 0 Å². The third-order valence-electron chi connectivity index (χ3n) is 2.90. The van der Waals surface area contributed by atoms with E-state index in [2.05, 4.69) is 10.3 Å². The monoisotopic (exact) mass is 265 g/mol. The van der Waals surface area contributed by atoms with Gasteiger partial charge < -0.3 is 20.5 Å². The molecule has 19 heavy (non-hydrogen) atoms. The lowest BCUT2D eigenvalue weighted by Crippen LogP contribution is -2.39. The highest BCUT2D eigenvalue weighted by Crippen LogP contribution is 2.08. The number of nitrogen functional groups attached to an aromatic ring is 1. The molecule has 1 aliphatic rings. The number of hydrogen-bond donors (Lipinski definition) is 2. The zero-order chi connectivity index (χ0) is 13.7. The molecule has 1 amide bonds. The molecule has 0 spiro atoms. The molecular weight excluding hydrogens is 246 g/mol. The highest BCUT2D eigenvalue weighted by Gasteiger charge is 2.16. The molecule has 1 atom stereocenters. The summed E-state index contributed by atoms with van der Waals surface area (Å²) >= 11 is 0. The lowest BCUT2D eigenvalue weighted by atomic mass is 10.2. The standard InChI is InChI=1S/C13H19N3O3/c1-2-10-5-9(6-12(14)16-10)13(17)15-7-11-8-18-3-4-19-11/h5-6,11H,2-4,7-8H2,1H3,(H2,14,16)(H,15,17). The molecule has 1 saturated heterocycles. The number of ether oxygens (including phenoxy) is 2. The fraction of sp³-hybridized carbons (Fsp3) is 0.538. The number of aromatic nitrogens is 1. The lowest BCUT2D eigenvalue weighted by Gasteiger charge is -2.23. The molecule has 104 valence electrons. The SMILES string of the molecule is CCc1cc(C(=O)NCC2COCCO2)cc(N)n1. The summed E-state index contributed by atoms with van der Waals surface area (Å²) in [4.78, 5) is 16.2. The van der Waals surface area contributed by atoms with Crippen LogP contribution in [-0.2, 0) is 15.9 Å². The first-order valence-electron chi connectivity index (χ1n) is 6.43. The van der Waals surface area contributed by atoms with Gasteiger partial charge in [0.05, 0.1) is 25.9 Å². The summed E-state index contributed by atoms with van der Waals surface area (Å²) in [6.07, 6.45) is 0.660. The van der Waals surface area contributed by atoms with Crippen LogP contribution < -0.4 is 11.1 Å². The molecule has 3 N–H and O–H groups in total. The van der Waals surface area contributed by atoms with Crippen LogP contribution in [0, 0.1) is 0 Å². The number of rotatable bonds is 4. The van der Waals surface area contributed by atoms with E-state index in [1.165, 1.54) is 0 Å². The molecule has 0 aliphatic carbocycles. The van der Waals surface area contributed by atoms with Crippen molar-refractivity contribution >= 4 is 11.7 Å². The van der Waals surface area contributed by atoms with Crippen LogP contribution in [-0.4, -0.2) is 43.4 Å². The summed E-state index contributed by atoms with van der Waals surface area (Å²) in [5.41, 5.74) is 7.01. The molecular formula is C13H19N3O3. The molecule has 6 heteroatoms. The topological polar surface area (TPSA) is 86.5 Å². The third kappa shape index (κ3) is 3.90. The summed E-state index contributed by atoms with van der Waals surface area (Å²) in [6.45, 7) is 4.10. The first kappa shape index (κ1) is 13.8. The number of carbonyl (C=O) groups is 1. The Hall–Kier alpha value is -1.66. The van der Waals surface area contributed by atoms with Gasteiger partial charge in [-0.3, -0.25) is 4.79 Å². The Morgan fingerprint density at radius 3 is 3.05 bits per heavy atom. The number of anilines is 1. The number of nitrogens with one attached hydrogen (secondary N) is 1. The smallest absolute Gasteiger partial charge is 0.251 e. The molecule has 2 heterocycles. The van der Waals surface area contributed by atoms with Gasteiger partial charge in [0, 0.05) is 17.8 Å². The van der Waals surface area contributed by atoms with Crippen LogP contribution in [0.15, 0.2) is 12.1 Å². The van der Waals surface area contributed by atoms with Crippen molar-refractivity contribution < 1.29 is 14.3 Å². The quantitative estimate of drug-likeness (QED) is 0.821. The Labute approximate surface area is 112 Å². The van der Waals surface area contributed by atoms with Gasteiger partial charge in [-0.1, -0.05) is 6.92 Å². The zero-order valence-electron chi connectivity index (χ0n) is 11.0. The van der Waals surface area contributed by atoms with Gasteiger partial charge in [0.2, 0.25) is 0 Å². The van der Waals surface area contributed by atoms with E-state index in [9.17, 15) is 4.79 Å². The Morgan fingerprint density at radius 1 is 1.53 bits per heavy atom. The summed E-state index contributed by atoms with van der Waals surface area (Å²) in [7, 11) is 0. The minimum absolute atomic E-state index is 0.0810. The van der Waals surface area contributed by atoms with E-state index in [0.29, 0.717) is 37.7 Å². The normalized spacial score (nSPS) is 19.1. The number of hydrogen-bond acceptors (Lipinski definition) is 5. The van der Waals surface area contributed by atoms with E-state index in [1.807, 2.05) is 6.92 Å². The van der Waals surface area contributed by atoms with Crippen LogP contribution in [0.4, 0.5) is 5.82 Å². The van der Waals surface area contributed by atoms with Crippen molar-refractivity contribution in [1.82, 2.24) is 10.3 Å². The van der Waals surface area contributed by atoms with Crippen molar-refractivity contribution in [3.05, 3.63) is 23.4 Å². The Morgan fingerprint density at radius 2 is 2.37 bits per heavy atom. The summed E-state index contributed by atoms with van der Waals surface area (Å²) < 4.78 is 10.7. The van der Waals surface area contributed by atoms with Crippen LogP contribution in [0.25, 0.3) is 0 Å². The van der Waals surface area contributed by atoms with Gasteiger partial charge in [-0.2, -0.15) is 0 Å². The molecule has 1 fully saturated rings. The van der Waals surface area contributed by atoms with Crippen molar-refractivity contribution in [3.63, 3.8) is 0 Å². The van der Waals surface area contributed by atoms with Crippen LogP contribution in [0.3, 0.4) is 0 Å². The van der Waals surface area contributed by atoms with E-state index in [1.54, 1.807) is 12.1 Å². The fourth-order valence-electron chi connectivity index (χ4n) is 1.89. The summed E-state index contributed by atoms with van der Waals surface area (Å²) in [5.74, 6) is 0.194. The number of amides is 1. The first-order chi connectivity index (χ1) is 9.19. The molecule has 1 aromatic rings. The number of carbonyl (C=O) groups excluding carboxylic acids is 1. The average molecular weight is 265 g/mol. The molecule has 1 aromatic heterocycles. The maximum atomic E-state index is 12.0. The molecule has 1 aliphatic heterocycles. The van der Waals surface area contributed by atoms with Gasteiger partial charge in [-0.05, 0) is 18.6 Å². The van der Waals surface area contributed by atoms with Gasteiger partial charge in [-0.15, -0.1) is 0 Å². The minimum atomic E-state index is -0.169. The Balaban J connectivity index is 1.93. The number of pyridine rings is 1. The molecule has 2 rings (SSSR count). The molecule has 6 nitrogen and oxygen atoms in total. The van der Waals surface area contributed by atoms with Crippen molar-refractivity contribution in [2.24, 2.45) is 0 Å². The number of aryl methyl sites for hydroxylation is 1. The number of nitrogens with zero attached hydrogens (tertiary/aromatic N) is 1. The van der Waals surface area contributed by atoms with E-state index in [4.69, 9.17) is 15.2 Å². The minimum Gasteiger partial charge on any atom is -0.384 e. The number of nitrogens with two attached hydrogens (primary N) is 1. The van der Waals surface area contributed by atoms with Gasteiger partial charge >= 0.3 is 0 Å². The molecule has 0 radical (unpaired) electrons. The van der Waals surface area contributed by atoms with Crippen LogP contribution in [0.2, 0.25) is 0 Å². The van der Waals surface area contributed by atoms with E-state index in [-0.39, 0.29) is 12.0 Å². The highest BCUT2D eigenvalue weighted by atomic mass is 16.6. The van der Waals surface area contributed by atoms with Crippen molar-refractivity contribution in [2.45, 2.75) is 19.4 Å². The fourth-order valence-corrected chi connectivity index (χ4v) is 1.89. The summed E-state index contributed by atoms with van der Waals surface area (Å²) in [5, 5.41) is 2.82. The predicted molar refractivity (Wildman–Crippen MR) is 70.9 cm³/mol. The van der Waals surface area contributed by atoms with E-state index in [0.717, 1.165) is 12.1 Å². The maximum Gasteiger partial charge on any atom is 0.251 e. The zero-order valence-corrected chi connectivity index (χ0v) is 11.0. The van der Waals surface area contributed by atoms with Gasteiger partial charge in [0.1, 0.15) is 5.82 Å². The van der Waals surface area contributed by atoms with Gasteiger partial charge in [-0.25, -0.2) is 4.98 Å². The second-order valence-electron chi connectivity index (χ2n) is 4.40. The molecule has 0 bridgehead atoms. The highest BCUT2D eigenvalue weighted by molar-refractivity contribution is 5.94. The van der Waals surface area contributed by atoms with E-state index >= 15 is 0 Å². The van der Waals surface area contributed by atoms with Crippen molar-refractivity contribution in [2.75, 3.05) is 32.1 Å². The largest absolute Gasteiger partial charge is 0.384 e. The van der Waals surface area contributed by atoms with Crippen LogP contribution in [0.5, 0.6) is 0 Å². The summed E-state index contributed by atoms with van der Waals surface area (Å²) in [6, 6.07) is 3.33. The van der Waals surface area contributed by atoms with Crippen LogP contribution >= 0.6 is 0 Å². The Kier molecular flexibility index (Phi) is 4.70. The first-order valence-corrected chi connectivity index (χ1v) is 6.43. The van der Waals surface area contributed by atoms with Crippen LogP contribution in [0.1, 0.15) is 23.0 Å². The maximum absolute atomic E-state index is 12.0. The molecule has 1 unspecified atom stereocenters. The van der Waals surface area contributed by atoms with Gasteiger partial charge in [0.15, 0.2) is 0 Å². The Bertz CT molecular complexity index is 445. The molecule has 0 aromatic carbocycles. The van der Waals surface area contributed by atoms with Gasteiger partial charge in [0.25, 0.3) is 5.91 Å². The second-order valence-corrected chi connectivity index (χ2v) is 4.40.